The van der Waals surface area contributed by atoms with Crippen molar-refractivity contribution in [3.63, 3.8) is 0 Å². The fourth-order valence-corrected chi connectivity index (χ4v) is 4.70. The Balaban J connectivity index is 1.20. The number of piperazine rings is 1. The van der Waals surface area contributed by atoms with E-state index >= 15 is 0 Å². The molecular weight excluding hydrogens is 390 g/mol. The summed E-state index contributed by atoms with van der Waals surface area (Å²) in [6.45, 7) is 4.93. The van der Waals surface area contributed by atoms with Gasteiger partial charge in [0, 0.05) is 45.0 Å². The van der Waals surface area contributed by atoms with E-state index in [1.165, 1.54) is 5.69 Å². The van der Waals surface area contributed by atoms with Gasteiger partial charge in [0.2, 0.25) is 11.9 Å². The van der Waals surface area contributed by atoms with Crippen molar-refractivity contribution in [2.75, 3.05) is 56.2 Å². The van der Waals surface area contributed by atoms with Gasteiger partial charge in [0.1, 0.15) is 5.75 Å². The van der Waals surface area contributed by atoms with Crippen LogP contribution in [0.15, 0.2) is 48.5 Å². The lowest BCUT2D eigenvalue weighted by Crippen LogP contribution is -2.52. The van der Waals surface area contributed by atoms with Crippen LogP contribution in [0.5, 0.6) is 5.75 Å². The molecule has 7 nitrogen and oxygen atoms in total. The van der Waals surface area contributed by atoms with Gasteiger partial charge in [-0.25, -0.2) is 4.98 Å². The van der Waals surface area contributed by atoms with Gasteiger partial charge in [-0.2, -0.15) is 0 Å². The summed E-state index contributed by atoms with van der Waals surface area (Å²) in [5.41, 5.74) is 3.20. The number of rotatable bonds is 4. The molecule has 2 aliphatic heterocycles. The fourth-order valence-electron chi connectivity index (χ4n) is 4.70. The molecule has 1 N–H and O–H groups in total. The molecule has 1 aromatic heterocycles. The van der Waals surface area contributed by atoms with Crippen molar-refractivity contribution in [3.05, 3.63) is 48.5 Å². The number of aromatic amines is 1. The normalized spacial score (nSPS) is 19.6. The Kier molecular flexibility index (Phi) is 5.40. The van der Waals surface area contributed by atoms with Crippen LogP contribution < -0.4 is 14.5 Å². The highest BCUT2D eigenvalue weighted by atomic mass is 16.5. The second-order valence-corrected chi connectivity index (χ2v) is 8.37. The van der Waals surface area contributed by atoms with Crippen LogP contribution in [0.1, 0.15) is 12.8 Å². The molecular formula is C24H29N5O2. The molecule has 0 unspecified atom stereocenters. The molecule has 3 heterocycles. The molecule has 0 saturated carbocycles. The van der Waals surface area contributed by atoms with Crippen LogP contribution >= 0.6 is 0 Å². The summed E-state index contributed by atoms with van der Waals surface area (Å²) in [6.07, 6.45) is 1.97. The number of carbonyl (C=O) groups excluding carboxylic acids is 1. The van der Waals surface area contributed by atoms with E-state index in [4.69, 9.17) is 9.72 Å². The quantitative estimate of drug-likeness (QED) is 0.704. The number of nitrogens with zero attached hydrogens (tertiary/aromatic N) is 4. The van der Waals surface area contributed by atoms with Crippen LogP contribution in [0.3, 0.4) is 0 Å². The summed E-state index contributed by atoms with van der Waals surface area (Å²) >= 11 is 0. The van der Waals surface area contributed by atoms with E-state index in [-0.39, 0.29) is 11.8 Å². The third-order valence-corrected chi connectivity index (χ3v) is 6.48. The predicted octanol–water partition coefficient (Wildman–Crippen LogP) is 3.14. The second kappa shape index (κ2) is 8.49. The van der Waals surface area contributed by atoms with Crippen molar-refractivity contribution in [1.82, 2.24) is 14.9 Å². The smallest absolute Gasteiger partial charge is 0.227 e. The number of hydrogen-bond donors (Lipinski definition) is 1. The van der Waals surface area contributed by atoms with Crippen LogP contribution in [0.2, 0.25) is 0 Å². The van der Waals surface area contributed by atoms with E-state index in [0.29, 0.717) is 0 Å². The minimum absolute atomic E-state index is 0.0366. The monoisotopic (exact) mass is 419 g/mol. The molecule has 3 aromatic rings. The zero-order valence-electron chi connectivity index (χ0n) is 18.0. The minimum atomic E-state index is 0.0366. The molecule has 1 atom stereocenters. The Hall–Kier alpha value is -3.22. The number of hydrogen-bond acceptors (Lipinski definition) is 5. The number of piperidine rings is 1. The number of H-pyrrole nitrogens is 1. The van der Waals surface area contributed by atoms with E-state index in [1.807, 2.05) is 41.3 Å². The topological polar surface area (TPSA) is 64.7 Å². The number of aromatic nitrogens is 2. The van der Waals surface area contributed by atoms with Crippen molar-refractivity contribution < 1.29 is 9.53 Å². The number of imidazole rings is 1. The highest BCUT2D eigenvalue weighted by molar-refractivity contribution is 5.81. The first-order chi connectivity index (χ1) is 15.2. The fraction of sp³-hybridized carbons (Fsp3) is 0.417. The van der Waals surface area contributed by atoms with Crippen LogP contribution in [-0.4, -0.2) is 67.2 Å². The molecule has 2 fully saturated rings. The van der Waals surface area contributed by atoms with Crippen LogP contribution in [0, 0.1) is 5.92 Å². The van der Waals surface area contributed by atoms with Crippen molar-refractivity contribution in [1.29, 1.82) is 0 Å². The van der Waals surface area contributed by atoms with Crippen LogP contribution in [0.25, 0.3) is 11.0 Å². The van der Waals surface area contributed by atoms with Gasteiger partial charge in [0.05, 0.1) is 24.1 Å². The maximum absolute atomic E-state index is 13.3. The van der Waals surface area contributed by atoms with Gasteiger partial charge in [-0.1, -0.05) is 12.1 Å². The third kappa shape index (κ3) is 4.04. The maximum atomic E-state index is 13.3. The maximum Gasteiger partial charge on any atom is 0.227 e. The van der Waals surface area contributed by atoms with Gasteiger partial charge in [0.25, 0.3) is 0 Å². The van der Waals surface area contributed by atoms with Crippen molar-refractivity contribution in [2.45, 2.75) is 12.8 Å². The molecule has 2 saturated heterocycles. The van der Waals surface area contributed by atoms with Crippen LogP contribution in [-0.2, 0) is 4.79 Å². The highest BCUT2D eigenvalue weighted by Crippen LogP contribution is 2.26. The minimum Gasteiger partial charge on any atom is -0.497 e. The molecule has 31 heavy (non-hydrogen) atoms. The van der Waals surface area contributed by atoms with Gasteiger partial charge in [-0.15, -0.1) is 0 Å². The number of anilines is 2. The third-order valence-electron chi connectivity index (χ3n) is 6.48. The van der Waals surface area contributed by atoms with Gasteiger partial charge in [0.15, 0.2) is 0 Å². The van der Waals surface area contributed by atoms with Crippen molar-refractivity contribution in [3.8, 4) is 5.75 Å². The number of fused-ring (bicyclic) bond motifs is 1. The second-order valence-electron chi connectivity index (χ2n) is 8.37. The molecule has 7 heteroatoms. The largest absolute Gasteiger partial charge is 0.497 e. The van der Waals surface area contributed by atoms with Gasteiger partial charge in [-0.05, 0) is 49.2 Å². The first-order valence-electron chi connectivity index (χ1n) is 11.1. The summed E-state index contributed by atoms with van der Waals surface area (Å²) in [7, 11) is 1.68. The number of nitrogens with one attached hydrogen (secondary N) is 1. The van der Waals surface area contributed by atoms with Crippen LogP contribution in [0.4, 0.5) is 11.6 Å². The van der Waals surface area contributed by atoms with E-state index < -0.39 is 0 Å². The lowest BCUT2D eigenvalue weighted by molar-refractivity contribution is -0.136. The molecule has 0 radical (unpaired) electrons. The summed E-state index contributed by atoms with van der Waals surface area (Å²) in [4.78, 5) is 28.0. The van der Waals surface area contributed by atoms with Gasteiger partial charge >= 0.3 is 0 Å². The molecule has 5 rings (SSSR count). The Morgan fingerprint density at radius 1 is 1.00 bits per heavy atom. The lowest BCUT2D eigenvalue weighted by Gasteiger charge is -2.39. The molecule has 0 aliphatic carbocycles. The zero-order valence-corrected chi connectivity index (χ0v) is 18.0. The Morgan fingerprint density at radius 2 is 1.77 bits per heavy atom. The average molecular weight is 420 g/mol. The summed E-state index contributed by atoms with van der Waals surface area (Å²) < 4.78 is 5.25. The highest BCUT2D eigenvalue weighted by Gasteiger charge is 2.32. The van der Waals surface area contributed by atoms with E-state index in [2.05, 4.69) is 26.9 Å². The SMILES string of the molecule is COc1ccc(N2CCN(C(=O)[C@@H]3CCCN(c4nc5ccccc5[nH]4)C3)CC2)cc1. The number of ether oxygens (including phenoxy) is 1. The Labute approximate surface area is 182 Å². The summed E-state index contributed by atoms with van der Waals surface area (Å²) in [5, 5.41) is 0. The number of benzene rings is 2. The average Bonchev–Trinajstić information content (AvgIpc) is 3.28. The summed E-state index contributed by atoms with van der Waals surface area (Å²) in [5.74, 6) is 2.07. The zero-order chi connectivity index (χ0) is 21.2. The van der Waals surface area contributed by atoms with Crippen molar-refractivity contribution >= 4 is 28.6 Å². The van der Waals surface area contributed by atoms with E-state index in [0.717, 1.165) is 74.8 Å². The van der Waals surface area contributed by atoms with Gasteiger partial charge in [-0.3, -0.25) is 4.79 Å². The Bertz CT molecular complexity index is 1010. The number of carbonyl (C=O) groups is 1. The molecule has 1 amide bonds. The molecule has 0 bridgehead atoms. The van der Waals surface area contributed by atoms with Gasteiger partial charge < -0.3 is 24.4 Å². The number of methoxy groups -OCH3 is 1. The number of amides is 1. The summed E-state index contributed by atoms with van der Waals surface area (Å²) in [6, 6.07) is 16.2. The molecule has 2 aliphatic rings. The molecule has 2 aromatic carbocycles. The lowest BCUT2D eigenvalue weighted by atomic mass is 9.96. The molecule has 162 valence electrons. The first kappa shape index (κ1) is 19.7. The first-order valence-corrected chi connectivity index (χ1v) is 11.1. The van der Waals surface area contributed by atoms with Crippen molar-refractivity contribution in [2.24, 2.45) is 5.92 Å². The van der Waals surface area contributed by atoms with E-state index in [1.54, 1.807) is 7.11 Å². The van der Waals surface area contributed by atoms with E-state index in [9.17, 15) is 4.79 Å². The molecule has 0 spiro atoms. The Morgan fingerprint density at radius 3 is 2.52 bits per heavy atom. The number of para-hydroxylation sites is 2. The predicted molar refractivity (Wildman–Crippen MR) is 123 cm³/mol. The standard InChI is InChI=1S/C24H29N5O2/c1-31-20-10-8-19(9-11-20)27-13-15-28(16-14-27)23(30)18-5-4-12-29(17-18)24-25-21-6-2-3-7-22(21)26-24/h2-3,6-11,18H,4-5,12-17H2,1H3,(H,25,26)/t18-/m1/s1.